The Morgan fingerprint density at radius 1 is 1.19 bits per heavy atom. The number of methoxy groups -OCH3 is 1. The number of hydrogen-bond donors (Lipinski definition) is 0. The summed E-state index contributed by atoms with van der Waals surface area (Å²) in [5.41, 5.74) is 0.818. The van der Waals surface area contributed by atoms with Crippen LogP contribution in [0, 0.1) is 0 Å². The summed E-state index contributed by atoms with van der Waals surface area (Å²) in [5, 5.41) is 0. The molecule has 3 nitrogen and oxygen atoms in total. The molecule has 1 aromatic carbocycles. The highest BCUT2D eigenvalue weighted by atomic mass is 28.4. The Kier molecular flexibility index (Phi) is 4.26. The molecule has 0 aromatic heterocycles. The van der Waals surface area contributed by atoms with Crippen LogP contribution in [0.2, 0.25) is 19.6 Å². The minimum Gasteiger partial charge on any atom is -0.497 e. The third-order valence-electron chi connectivity index (χ3n) is 2.00. The average Bonchev–Trinajstić information content (AvgIpc) is 2.25. The number of benzene rings is 1. The molecule has 0 amide bonds. The maximum absolute atomic E-state index is 10.9. The Bertz CT molecular complexity index is 340. The van der Waals surface area contributed by atoms with Crippen LogP contribution < -0.4 is 4.74 Å². The van der Waals surface area contributed by atoms with Gasteiger partial charge in [0.2, 0.25) is 6.29 Å². The van der Waals surface area contributed by atoms with Crippen molar-refractivity contribution in [1.82, 2.24) is 0 Å². The van der Waals surface area contributed by atoms with Gasteiger partial charge in [-0.1, -0.05) is 12.1 Å². The van der Waals surface area contributed by atoms with Gasteiger partial charge in [-0.05, 0) is 37.3 Å². The van der Waals surface area contributed by atoms with E-state index < -0.39 is 14.4 Å². The zero-order valence-corrected chi connectivity index (χ0v) is 11.1. The molecule has 1 aromatic rings. The lowest BCUT2D eigenvalue weighted by atomic mass is 10.1. The SMILES string of the molecule is COc1ccc(C([C]=O)O[Si](C)(C)C)cc1. The molecule has 0 N–H and O–H groups in total. The van der Waals surface area contributed by atoms with Gasteiger partial charge in [0.05, 0.1) is 7.11 Å². The van der Waals surface area contributed by atoms with Crippen molar-refractivity contribution < 1.29 is 14.0 Å². The van der Waals surface area contributed by atoms with Crippen LogP contribution in [-0.4, -0.2) is 21.7 Å². The Labute approximate surface area is 97.5 Å². The number of hydrogen-bond acceptors (Lipinski definition) is 3. The summed E-state index contributed by atoms with van der Waals surface area (Å²) < 4.78 is 10.8. The first kappa shape index (κ1) is 12.9. The second kappa shape index (κ2) is 5.27. The summed E-state index contributed by atoms with van der Waals surface area (Å²) in [7, 11) is -0.132. The first-order valence-corrected chi connectivity index (χ1v) is 8.56. The van der Waals surface area contributed by atoms with E-state index in [9.17, 15) is 4.79 Å². The molecule has 0 heterocycles. The van der Waals surface area contributed by atoms with E-state index in [0.717, 1.165) is 11.3 Å². The summed E-state index contributed by atoms with van der Waals surface area (Å²) in [5.74, 6) is 0.765. The van der Waals surface area contributed by atoms with Gasteiger partial charge in [0.25, 0.3) is 0 Å². The van der Waals surface area contributed by atoms with Gasteiger partial charge >= 0.3 is 0 Å². The van der Waals surface area contributed by atoms with Gasteiger partial charge in [-0.15, -0.1) is 0 Å². The van der Waals surface area contributed by atoms with E-state index in [1.807, 2.05) is 50.2 Å². The maximum Gasteiger partial charge on any atom is 0.233 e. The predicted molar refractivity (Wildman–Crippen MR) is 65.9 cm³/mol. The second-order valence-corrected chi connectivity index (χ2v) is 8.96. The van der Waals surface area contributed by atoms with Crippen molar-refractivity contribution in [3.05, 3.63) is 29.8 Å². The number of ether oxygens (including phenoxy) is 1. The highest BCUT2D eigenvalue weighted by molar-refractivity contribution is 6.69. The molecule has 1 rings (SSSR count). The molecule has 0 saturated heterocycles. The van der Waals surface area contributed by atoms with E-state index >= 15 is 0 Å². The number of carbonyl (C=O) groups excluding carboxylic acids is 1. The van der Waals surface area contributed by atoms with Crippen LogP contribution in [0.4, 0.5) is 0 Å². The Balaban J connectivity index is 2.83. The first-order chi connectivity index (χ1) is 7.46. The van der Waals surface area contributed by atoms with Gasteiger partial charge in [0.1, 0.15) is 11.9 Å². The summed E-state index contributed by atoms with van der Waals surface area (Å²) in [6, 6.07) is 7.28. The standard InChI is InChI=1S/C12H17O3Si/c1-14-11-7-5-10(6-8-11)12(9-13)15-16(2,3)4/h5-8,12H,1-4H3. The molecule has 0 bridgehead atoms. The smallest absolute Gasteiger partial charge is 0.233 e. The normalized spacial score (nSPS) is 13.2. The molecular weight excluding hydrogens is 220 g/mol. The second-order valence-electron chi connectivity index (χ2n) is 4.50. The fourth-order valence-electron chi connectivity index (χ4n) is 1.29. The molecular formula is C12H17O3Si. The van der Waals surface area contributed by atoms with Gasteiger partial charge in [-0.3, -0.25) is 4.79 Å². The van der Waals surface area contributed by atoms with Crippen LogP contribution in [0.3, 0.4) is 0 Å². The molecule has 0 fully saturated rings. The molecule has 0 aliphatic heterocycles. The van der Waals surface area contributed by atoms with Crippen molar-refractivity contribution in [3.63, 3.8) is 0 Å². The van der Waals surface area contributed by atoms with E-state index in [4.69, 9.17) is 9.16 Å². The van der Waals surface area contributed by atoms with E-state index in [1.54, 1.807) is 7.11 Å². The van der Waals surface area contributed by atoms with Crippen LogP contribution in [-0.2, 0) is 9.22 Å². The first-order valence-electron chi connectivity index (χ1n) is 5.16. The predicted octanol–water partition coefficient (Wildman–Crippen LogP) is 2.70. The van der Waals surface area contributed by atoms with Crippen LogP contribution in [0.1, 0.15) is 11.7 Å². The zero-order chi connectivity index (χ0) is 12.2. The van der Waals surface area contributed by atoms with Crippen molar-refractivity contribution in [2.24, 2.45) is 0 Å². The summed E-state index contributed by atoms with van der Waals surface area (Å²) in [4.78, 5) is 10.9. The molecule has 1 radical (unpaired) electrons. The minimum atomic E-state index is -1.74. The highest BCUT2D eigenvalue weighted by Crippen LogP contribution is 2.22. The highest BCUT2D eigenvalue weighted by Gasteiger charge is 2.22. The largest absolute Gasteiger partial charge is 0.497 e. The van der Waals surface area contributed by atoms with Gasteiger partial charge in [0.15, 0.2) is 8.32 Å². The third kappa shape index (κ3) is 3.79. The molecule has 4 heteroatoms. The summed E-state index contributed by atoms with van der Waals surface area (Å²) in [6.07, 6.45) is 1.35. The molecule has 16 heavy (non-hydrogen) atoms. The van der Waals surface area contributed by atoms with Crippen molar-refractivity contribution in [3.8, 4) is 5.75 Å². The Morgan fingerprint density at radius 2 is 1.75 bits per heavy atom. The molecule has 1 atom stereocenters. The lowest BCUT2D eigenvalue weighted by molar-refractivity contribution is 0.258. The van der Waals surface area contributed by atoms with E-state index in [2.05, 4.69) is 0 Å². The van der Waals surface area contributed by atoms with E-state index in [-0.39, 0.29) is 0 Å². The van der Waals surface area contributed by atoms with Crippen molar-refractivity contribution in [1.29, 1.82) is 0 Å². The average molecular weight is 237 g/mol. The molecule has 0 spiro atoms. The molecule has 87 valence electrons. The minimum absolute atomic E-state index is 0.586. The summed E-state index contributed by atoms with van der Waals surface area (Å²) in [6.45, 7) is 6.13. The topological polar surface area (TPSA) is 35.5 Å². The van der Waals surface area contributed by atoms with Crippen LogP contribution in [0.25, 0.3) is 0 Å². The molecule has 1 unspecified atom stereocenters. The van der Waals surface area contributed by atoms with E-state index in [0.29, 0.717) is 0 Å². The fraction of sp³-hybridized carbons (Fsp3) is 0.417. The molecule has 0 saturated carbocycles. The third-order valence-corrected chi connectivity index (χ3v) is 2.94. The van der Waals surface area contributed by atoms with Crippen LogP contribution >= 0.6 is 0 Å². The fourth-order valence-corrected chi connectivity index (χ4v) is 2.18. The van der Waals surface area contributed by atoms with Crippen LogP contribution in [0.15, 0.2) is 24.3 Å². The Morgan fingerprint density at radius 3 is 2.12 bits per heavy atom. The van der Waals surface area contributed by atoms with Crippen molar-refractivity contribution in [2.45, 2.75) is 25.7 Å². The maximum atomic E-state index is 10.9. The monoisotopic (exact) mass is 237 g/mol. The van der Waals surface area contributed by atoms with Gasteiger partial charge in [0, 0.05) is 0 Å². The van der Waals surface area contributed by atoms with Crippen LogP contribution in [0.5, 0.6) is 5.75 Å². The molecule has 0 aliphatic carbocycles. The van der Waals surface area contributed by atoms with Gasteiger partial charge in [-0.2, -0.15) is 0 Å². The number of rotatable bonds is 5. The summed E-state index contributed by atoms with van der Waals surface area (Å²) >= 11 is 0. The zero-order valence-electron chi connectivity index (χ0n) is 10.1. The van der Waals surface area contributed by atoms with Crippen molar-refractivity contribution in [2.75, 3.05) is 7.11 Å². The van der Waals surface area contributed by atoms with Crippen molar-refractivity contribution >= 4 is 14.6 Å². The van der Waals surface area contributed by atoms with E-state index in [1.165, 1.54) is 0 Å². The van der Waals surface area contributed by atoms with Gasteiger partial charge in [-0.25, -0.2) is 0 Å². The lowest BCUT2D eigenvalue weighted by Crippen LogP contribution is -2.28. The quantitative estimate of drug-likeness (QED) is 0.739. The lowest BCUT2D eigenvalue weighted by Gasteiger charge is -2.22. The molecule has 0 aliphatic rings. The van der Waals surface area contributed by atoms with Gasteiger partial charge < -0.3 is 9.16 Å². The Hall–Kier alpha value is -1.13.